The summed E-state index contributed by atoms with van der Waals surface area (Å²) < 4.78 is 26.6. The molecule has 1 aliphatic heterocycles. The van der Waals surface area contributed by atoms with Gasteiger partial charge in [-0.25, -0.2) is 0 Å². The standard InChI is InChI=1S/C17H22ClN3O3S2/c1-23-10-7-20-26(22)16-12-15(18)17(25-16)24-14-4-2-3-13(11-14)21-8-5-19-6-9-21/h2-4,11-12,19-20H,5-10H2,1H3. The number of hydrogen-bond donors (Lipinski definition) is 2. The van der Waals surface area contributed by atoms with Crippen molar-refractivity contribution in [3.8, 4) is 10.8 Å². The highest BCUT2D eigenvalue weighted by Gasteiger charge is 2.20. The summed E-state index contributed by atoms with van der Waals surface area (Å²) in [6.07, 6.45) is 0. The van der Waals surface area contributed by atoms with Gasteiger partial charge in [0.15, 0.2) is 0 Å². The number of halogens is 1. The number of nitrogens with one attached hydrogen (secondary N) is 2. The van der Waals surface area contributed by atoms with E-state index < -0.39 is 11.4 Å². The number of benzene rings is 1. The van der Waals surface area contributed by atoms with Gasteiger partial charge in [0.2, 0.25) is 9.27 Å². The van der Waals surface area contributed by atoms with Crippen molar-refractivity contribution in [2.75, 3.05) is 51.3 Å². The number of nitrogens with zero attached hydrogens (tertiary/aromatic N) is 1. The number of methoxy groups -OCH3 is 1. The van der Waals surface area contributed by atoms with E-state index in [-0.39, 0.29) is 0 Å². The van der Waals surface area contributed by atoms with E-state index in [2.05, 4.69) is 21.0 Å². The molecule has 1 aliphatic rings. The lowest BCUT2D eigenvalue weighted by Gasteiger charge is -2.29. The van der Waals surface area contributed by atoms with Gasteiger partial charge in [-0.3, -0.25) is 0 Å². The maximum atomic E-state index is 12.2. The molecule has 0 bridgehead atoms. The van der Waals surface area contributed by atoms with E-state index in [0.717, 1.165) is 37.6 Å². The van der Waals surface area contributed by atoms with Crippen molar-refractivity contribution in [2.24, 2.45) is 0 Å². The monoisotopic (exact) mass is 415 g/mol. The Morgan fingerprint density at radius 2 is 2.15 bits per heavy atom. The third-order valence-corrected chi connectivity index (χ3v) is 6.72. The largest absolute Gasteiger partial charge is 0.592 e. The molecule has 2 aromatic rings. The molecule has 6 nitrogen and oxygen atoms in total. The van der Waals surface area contributed by atoms with Crippen LogP contribution in [0.4, 0.5) is 5.69 Å². The van der Waals surface area contributed by atoms with Gasteiger partial charge in [0.1, 0.15) is 5.75 Å². The first-order chi connectivity index (χ1) is 12.7. The molecule has 0 saturated carbocycles. The summed E-state index contributed by atoms with van der Waals surface area (Å²) >= 11 is 6.22. The van der Waals surface area contributed by atoms with Gasteiger partial charge in [-0.1, -0.05) is 17.7 Å². The number of rotatable bonds is 8. The van der Waals surface area contributed by atoms with Crippen LogP contribution in [0.1, 0.15) is 0 Å². The first kappa shape index (κ1) is 19.8. The molecule has 1 fully saturated rings. The maximum Gasteiger partial charge on any atom is 0.232 e. The second-order valence-corrected chi connectivity index (χ2v) is 8.64. The van der Waals surface area contributed by atoms with Crippen LogP contribution in [0.3, 0.4) is 0 Å². The molecule has 2 heterocycles. The molecule has 142 valence electrons. The molecular formula is C17H22ClN3O3S2. The average molecular weight is 416 g/mol. The summed E-state index contributed by atoms with van der Waals surface area (Å²) in [6, 6.07) is 9.63. The predicted octanol–water partition coefficient (Wildman–Crippen LogP) is 2.86. The highest BCUT2D eigenvalue weighted by atomic mass is 35.5. The van der Waals surface area contributed by atoms with Gasteiger partial charge in [0, 0.05) is 51.1 Å². The molecule has 0 aliphatic carbocycles. The number of piperazine rings is 1. The van der Waals surface area contributed by atoms with Gasteiger partial charge in [-0.05, 0) is 23.5 Å². The van der Waals surface area contributed by atoms with Crippen molar-refractivity contribution >= 4 is 40.0 Å². The lowest BCUT2D eigenvalue weighted by atomic mass is 10.2. The first-order valence-electron chi connectivity index (χ1n) is 8.34. The van der Waals surface area contributed by atoms with Crippen LogP contribution in [-0.2, 0) is 16.1 Å². The Bertz CT molecular complexity index is 710. The summed E-state index contributed by atoms with van der Waals surface area (Å²) in [4.78, 5) is 2.32. The zero-order valence-electron chi connectivity index (χ0n) is 14.5. The molecule has 9 heteroatoms. The minimum atomic E-state index is -1.33. The average Bonchev–Trinajstić information content (AvgIpc) is 3.03. The summed E-state index contributed by atoms with van der Waals surface area (Å²) in [6.45, 7) is 4.90. The van der Waals surface area contributed by atoms with Crippen molar-refractivity contribution in [1.82, 2.24) is 10.0 Å². The fourth-order valence-corrected chi connectivity index (χ4v) is 4.96. The number of ether oxygens (including phenoxy) is 2. The van der Waals surface area contributed by atoms with Crippen molar-refractivity contribution in [2.45, 2.75) is 4.21 Å². The molecule has 1 aromatic heterocycles. The lowest BCUT2D eigenvalue weighted by Crippen LogP contribution is -2.43. The Kier molecular flexibility index (Phi) is 7.44. The zero-order chi connectivity index (χ0) is 18.4. The van der Waals surface area contributed by atoms with E-state index in [9.17, 15) is 4.55 Å². The summed E-state index contributed by atoms with van der Waals surface area (Å²) in [5.41, 5.74) is 1.13. The molecule has 0 radical (unpaired) electrons. The van der Waals surface area contributed by atoms with Crippen molar-refractivity contribution in [3.63, 3.8) is 0 Å². The van der Waals surface area contributed by atoms with Crippen molar-refractivity contribution < 1.29 is 14.0 Å². The molecule has 1 atom stereocenters. The van der Waals surface area contributed by atoms with Crippen LogP contribution in [0, 0.1) is 0 Å². The van der Waals surface area contributed by atoms with Crippen LogP contribution >= 0.6 is 22.9 Å². The summed E-state index contributed by atoms with van der Waals surface area (Å²) in [5, 5.41) is 4.35. The Hall–Kier alpha value is -1.00. The highest BCUT2D eigenvalue weighted by molar-refractivity contribution is 7.91. The summed E-state index contributed by atoms with van der Waals surface area (Å²) in [7, 11) is 1.60. The van der Waals surface area contributed by atoms with Gasteiger partial charge >= 0.3 is 0 Å². The van der Waals surface area contributed by atoms with E-state index in [0.29, 0.717) is 27.4 Å². The maximum absolute atomic E-state index is 12.2. The van der Waals surface area contributed by atoms with Crippen LogP contribution < -0.4 is 19.7 Å². The molecular weight excluding hydrogens is 394 g/mol. The van der Waals surface area contributed by atoms with E-state index in [4.69, 9.17) is 21.1 Å². The molecule has 3 rings (SSSR count). The molecule has 1 aromatic carbocycles. The number of thiophene rings is 1. The van der Waals surface area contributed by atoms with Gasteiger partial charge in [-0.15, -0.1) is 4.72 Å². The van der Waals surface area contributed by atoms with Crippen LogP contribution in [0.25, 0.3) is 0 Å². The van der Waals surface area contributed by atoms with Gasteiger partial charge in [-0.2, -0.15) is 0 Å². The quantitative estimate of drug-likeness (QED) is 0.510. The van der Waals surface area contributed by atoms with Crippen LogP contribution in [-0.4, -0.2) is 51.0 Å². The van der Waals surface area contributed by atoms with Gasteiger partial charge < -0.3 is 24.2 Å². The molecule has 0 spiro atoms. The fraction of sp³-hybridized carbons (Fsp3) is 0.412. The normalized spacial score (nSPS) is 15.9. The highest BCUT2D eigenvalue weighted by Crippen LogP contribution is 2.40. The Labute approximate surface area is 165 Å². The predicted molar refractivity (Wildman–Crippen MR) is 107 cm³/mol. The summed E-state index contributed by atoms with van der Waals surface area (Å²) in [5.74, 6) is 0.717. The van der Waals surface area contributed by atoms with E-state index in [1.807, 2.05) is 18.2 Å². The molecule has 2 N–H and O–H groups in total. The fourth-order valence-electron chi connectivity index (χ4n) is 2.57. The molecule has 0 amide bonds. The Morgan fingerprint density at radius 3 is 2.92 bits per heavy atom. The van der Waals surface area contributed by atoms with Crippen molar-refractivity contribution in [3.05, 3.63) is 35.4 Å². The van der Waals surface area contributed by atoms with Crippen molar-refractivity contribution in [1.29, 1.82) is 0 Å². The second kappa shape index (κ2) is 9.80. The molecule has 1 unspecified atom stereocenters. The zero-order valence-corrected chi connectivity index (χ0v) is 16.9. The van der Waals surface area contributed by atoms with Gasteiger partial charge in [0.25, 0.3) is 0 Å². The molecule has 26 heavy (non-hydrogen) atoms. The van der Waals surface area contributed by atoms with E-state index in [1.165, 1.54) is 11.3 Å². The van der Waals surface area contributed by atoms with Crippen LogP contribution in [0.2, 0.25) is 5.02 Å². The SMILES string of the molecule is COCCN[S+]([O-])c1cc(Cl)c(Oc2cccc(N3CCNCC3)c2)s1. The first-order valence-corrected chi connectivity index (χ1v) is 10.7. The number of anilines is 1. The van der Waals surface area contributed by atoms with Crippen LogP contribution in [0.5, 0.6) is 10.8 Å². The topological polar surface area (TPSA) is 68.8 Å². The minimum Gasteiger partial charge on any atom is -0.592 e. The second-order valence-electron chi connectivity index (χ2n) is 5.69. The third kappa shape index (κ3) is 5.26. The Balaban J connectivity index is 1.67. The van der Waals surface area contributed by atoms with Gasteiger partial charge in [0.05, 0.1) is 29.5 Å². The lowest BCUT2D eigenvalue weighted by molar-refractivity contribution is 0.204. The Morgan fingerprint density at radius 1 is 1.35 bits per heavy atom. The van der Waals surface area contributed by atoms with Crippen LogP contribution in [0.15, 0.2) is 34.5 Å². The smallest absolute Gasteiger partial charge is 0.232 e. The minimum absolute atomic E-state index is 0.458. The third-order valence-electron chi connectivity index (χ3n) is 3.87. The van der Waals surface area contributed by atoms with E-state index in [1.54, 1.807) is 13.2 Å². The van der Waals surface area contributed by atoms with E-state index >= 15 is 0 Å². The molecule has 1 saturated heterocycles. The number of hydrogen-bond acceptors (Lipinski definition) is 7.